The van der Waals surface area contributed by atoms with Crippen molar-refractivity contribution in [3.05, 3.63) is 59.1 Å². The van der Waals surface area contributed by atoms with E-state index in [1.807, 2.05) is 30.3 Å². The van der Waals surface area contributed by atoms with E-state index in [1.54, 1.807) is 32.4 Å². The molecule has 3 rings (SSSR count). The first-order chi connectivity index (χ1) is 12.5. The zero-order valence-corrected chi connectivity index (χ0v) is 15.0. The number of aromatic nitrogens is 1. The van der Waals surface area contributed by atoms with Crippen LogP contribution in [0.25, 0.3) is 22.4 Å². The summed E-state index contributed by atoms with van der Waals surface area (Å²) in [6, 6.07) is 16.6. The highest BCUT2D eigenvalue weighted by Crippen LogP contribution is 2.35. The Hall–Kier alpha value is -3.23. The van der Waals surface area contributed by atoms with Crippen LogP contribution < -0.4 is 15.2 Å². The minimum absolute atomic E-state index is 0.154. The normalized spacial score (nSPS) is 10.2. The Morgan fingerprint density at radius 2 is 1.69 bits per heavy atom. The third-order valence-corrected chi connectivity index (χ3v) is 4.18. The van der Waals surface area contributed by atoms with Crippen LogP contribution in [0, 0.1) is 11.3 Å². The number of hydrogen-bond acceptors (Lipinski definition) is 5. The first-order valence-electron chi connectivity index (χ1n) is 7.75. The molecule has 5 nitrogen and oxygen atoms in total. The fourth-order valence-corrected chi connectivity index (χ4v) is 2.86. The zero-order chi connectivity index (χ0) is 18.7. The molecule has 1 heterocycles. The molecule has 0 aliphatic rings. The number of rotatable bonds is 4. The molecule has 0 saturated heterocycles. The van der Waals surface area contributed by atoms with Gasteiger partial charge in [0.1, 0.15) is 28.9 Å². The molecule has 0 spiro atoms. The van der Waals surface area contributed by atoms with E-state index in [2.05, 4.69) is 11.1 Å². The van der Waals surface area contributed by atoms with Crippen molar-refractivity contribution in [3.8, 4) is 40.0 Å². The lowest BCUT2D eigenvalue weighted by atomic mass is 9.98. The second kappa shape index (κ2) is 7.34. The van der Waals surface area contributed by atoms with Crippen LogP contribution in [0.2, 0.25) is 5.02 Å². The van der Waals surface area contributed by atoms with Crippen LogP contribution in [0.4, 0.5) is 5.82 Å². The van der Waals surface area contributed by atoms with Crippen molar-refractivity contribution in [2.24, 2.45) is 0 Å². The van der Waals surface area contributed by atoms with Crippen molar-refractivity contribution < 1.29 is 9.47 Å². The summed E-state index contributed by atoms with van der Waals surface area (Å²) in [4.78, 5) is 4.36. The summed E-state index contributed by atoms with van der Waals surface area (Å²) in [5, 5.41) is 10.2. The van der Waals surface area contributed by atoms with Crippen LogP contribution in [0.1, 0.15) is 5.56 Å². The monoisotopic (exact) mass is 365 g/mol. The smallest absolute Gasteiger partial charge is 0.142 e. The van der Waals surface area contributed by atoms with Crippen LogP contribution in [0.3, 0.4) is 0 Å². The predicted octanol–water partition coefficient (Wildman–Crippen LogP) is 4.54. The van der Waals surface area contributed by atoms with Crippen molar-refractivity contribution in [3.63, 3.8) is 0 Å². The molecule has 130 valence electrons. The molecule has 6 heteroatoms. The number of methoxy groups -OCH3 is 2. The van der Waals surface area contributed by atoms with E-state index in [0.717, 1.165) is 11.1 Å². The predicted molar refractivity (Wildman–Crippen MR) is 102 cm³/mol. The highest BCUT2D eigenvalue weighted by molar-refractivity contribution is 6.30. The molecule has 0 amide bonds. The maximum atomic E-state index is 9.57. The van der Waals surface area contributed by atoms with Gasteiger partial charge in [0.25, 0.3) is 0 Å². The highest BCUT2D eigenvalue weighted by atomic mass is 35.5. The average Bonchev–Trinajstić information content (AvgIpc) is 2.66. The number of nitrogens with two attached hydrogens (primary N) is 1. The minimum Gasteiger partial charge on any atom is -0.497 e. The van der Waals surface area contributed by atoms with Gasteiger partial charge >= 0.3 is 0 Å². The van der Waals surface area contributed by atoms with Gasteiger partial charge in [0, 0.05) is 22.2 Å². The maximum Gasteiger partial charge on any atom is 0.142 e. The molecule has 0 aliphatic carbocycles. The largest absolute Gasteiger partial charge is 0.497 e. The van der Waals surface area contributed by atoms with E-state index in [4.69, 9.17) is 26.8 Å². The minimum atomic E-state index is 0.154. The molecule has 0 radical (unpaired) electrons. The SMILES string of the molecule is COc1cc(OC)cc(-c2cc(-c3cccc(Cl)c3)nc(N)c2C#N)c1. The number of nitrogens with zero attached hydrogens (tertiary/aromatic N) is 2. The van der Waals surface area contributed by atoms with E-state index in [0.29, 0.717) is 33.3 Å². The fourth-order valence-electron chi connectivity index (χ4n) is 2.67. The zero-order valence-electron chi connectivity index (χ0n) is 14.3. The van der Waals surface area contributed by atoms with Crippen molar-refractivity contribution in [1.82, 2.24) is 4.98 Å². The molecule has 26 heavy (non-hydrogen) atoms. The van der Waals surface area contributed by atoms with Crippen LogP contribution in [0.5, 0.6) is 11.5 Å². The number of pyridine rings is 1. The van der Waals surface area contributed by atoms with Gasteiger partial charge in [0.05, 0.1) is 19.9 Å². The fraction of sp³-hybridized carbons (Fsp3) is 0.100. The van der Waals surface area contributed by atoms with E-state index in [-0.39, 0.29) is 5.82 Å². The maximum absolute atomic E-state index is 9.57. The van der Waals surface area contributed by atoms with Crippen LogP contribution in [0.15, 0.2) is 48.5 Å². The summed E-state index contributed by atoms with van der Waals surface area (Å²) in [5.74, 6) is 1.38. The van der Waals surface area contributed by atoms with E-state index >= 15 is 0 Å². The molecular weight excluding hydrogens is 350 g/mol. The number of nitriles is 1. The average molecular weight is 366 g/mol. The molecule has 0 fully saturated rings. The topological polar surface area (TPSA) is 81.2 Å². The molecule has 0 saturated carbocycles. The number of ether oxygens (including phenoxy) is 2. The molecule has 3 aromatic rings. The summed E-state index contributed by atoms with van der Waals surface area (Å²) in [5.41, 5.74) is 9.18. The van der Waals surface area contributed by atoms with Crippen LogP contribution in [-0.2, 0) is 0 Å². The number of nitrogen functional groups attached to an aromatic ring is 1. The molecule has 0 aliphatic heterocycles. The number of hydrogen-bond donors (Lipinski definition) is 1. The lowest BCUT2D eigenvalue weighted by Gasteiger charge is -2.13. The van der Waals surface area contributed by atoms with Crippen molar-refractivity contribution in [1.29, 1.82) is 5.26 Å². The first kappa shape index (κ1) is 17.6. The van der Waals surface area contributed by atoms with Gasteiger partial charge in [-0.25, -0.2) is 4.98 Å². The Balaban J connectivity index is 2.25. The van der Waals surface area contributed by atoms with Crippen molar-refractivity contribution >= 4 is 17.4 Å². The standard InChI is InChI=1S/C20H16ClN3O2/c1-25-15-7-13(8-16(9-15)26-2)17-10-19(24-20(23)18(17)11-22)12-4-3-5-14(21)6-12/h3-10H,1-2H3,(H2,23,24). The van der Waals surface area contributed by atoms with E-state index in [1.165, 1.54) is 0 Å². The summed E-state index contributed by atoms with van der Waals surface area (Å²) in [6.07, 6.45) is 0. The second-order valence-corrected chi connectivity index (χ2v) is 5.98. The van der Waals surface area contributed by atoms with Crippen LogP contribution >= 0.6 is 11.6 Å². The Morgan fingerprint density at radius 1 is 1.00 bits per heavy atom. The van der Waals surface area contributed by atoms with Gasteiger partial charge in [-0.1, -0.05) is 23.7 Å². The number of anilines is 1. The molecule has 0 bridgehead atoms. The van der Waals surface area contributed by atoms with Gasteiger partial charge in [-0.3, -0.25) is 0 Å². The number of halogens is 1. The molecule has 0 atom stereocenters. The Kier molecular flexibility index (Phi) is 4.97. The third-order valence-electron chi connectivity index (χ3n) is 3.94. The van der Waals surface area contributed by atoms with Crippen molar-refractivity contribution in [2.75, 3.05) is 20.0 Å². The summed E-state index contributed by atoms with van der Waals surface area (Å²) in [7, 11) is 3.14. The quantitative estimate of drug-likeness (QED) is 0.734. The molecule has 2 N–H and O–H groups in total. The van der Waals surface area contributed by atoms with Gasteiger partial charge in [0.2, 0.25) is 0 Å². The second-order valence-electron chi connectivity index (χ2n) is 5.54. The Bertz CT molecular complexity index is 990. The molecular formula is C20H16ClN3O2. The van der Waals surface area contributed by atoms with Crippen molar-refractivity contribution in [2.45, 2.75) is 0 Å². The van der Waals surface area contributed by atoms with Gasteiger partial charge < -0.3 is 15.2 Å². The number of benzene rings is 2. The highest BCUT2D eigenvalue weighted by Gasteiger charge is 2.15. The lowest BCUT2D eigenvalue weighted by molar-refractivity contribution is 0.394. The Morgan fingerprint density at radius 3 is 2.27 bits per heavy atom. The first-order valence-corrected chi connectivity index (χ1v) is 8.13. The van der Waals surface area contributed by atoms with Gasteiger partial charge in [0.15, 0.2) is 0 Å². The van der Waals surface area contributed by atoms with Crippen LogP contribution in [-0.4, -0.2) is 19.2 Å². The van der Waals surface area contributed by atoms with E-state index < -0.39 is 0 Å². The molecule has 0 unspecified atom stereocenters. The summed E-state index contributed by atoms with van der Waals surface area (Å²) < 4.78 is 10.7. The van der Waals surface area contributed by atoms with Gasteiger partial charge in [-0.15, -0.1) is 0 Å². The van der Waals surface area contributed by atoms with Gasteiger partial charge in [-0.2, -0.15) is 5.26 Å². The molecule has 1 aromatic heterocycles. The summed E-state index contributed by atoms with van der Waals surface area (Å²) >= 11 is 6.08. The van der Waals surface area contributed by atoms with E-state index in [9.17, 15) is 5.26 Å². The van der Waals surface area contributed by atoms with Gasteiger partial charge in [-0.05, 0) is 35.9 Å². The third kappa shape index (κ3) is 3.41. The Labute approximate surface area is 156 Å². The molecule has 2 aromatic carbocycles. The summed E-state index contributed by atoms with van der Waals surface area (Å²) in [6.45, 7) is 0. The lowest BCUT2D eigenvalue weighted by Crippen LogP contribution is -2.00.